The van der Waals surface area contributed by atoms with Crippen LogP contribution in [0.4, 0.5) is 5.69 Å². The molecule has 0 aliphatic rings. The molecule has 0 radical (unpaired) electrons. The Hall–Kier alpha value is -1.36. The molecule has 3 N–H and O–H groups in total. The van der Waals surface area contributed by atoms with E-state index >= 15 is 0 Å². The summed E-state index contributed by atoms with van der Waals surface area (Å²) in [5.74, 6) is 0.597. The van der Waals surface area contributed by atoms with Gasteiger partial charge in [-0.1, -0.05) is 0 Å². The molecule has 5 heteroatoms. The third-order valence-electron chi connectivity index (χ3n) is 2.01. The first kappa shape index (κ1) is 12.7. The molecular weight excluding hydrogens is 226 g/mol. The molecule has 0 fully saturated rings. The van der Waals surface area contributed by atoms with E-state index in [-0.39, 0.29) is 5.56 Å². The second kappa shape index (κ2) is 6.27. The second-order valence-corrected chi connectivity index (χ2v) is 4.24. The van der Waals surface area contributed by atoms with Crippen LogP contribution < -0.4 is 10.5 Å². The van der Waals surface area contributed by atoms with Crippen LogP contribution in [0.1, 0.15) is 16.8 Å². The van der Waals surface area contributed by atoms with Crippen LogP contribution in [0.2, 0.25) is 0 Å². The van der Waals surface area contributed by atoms with E-state index in [1.807, 2.05) is 6.26 Å². The second-order valence-electron chi connectivity index (χ2n) is 3.25. The van der Waals surface area contributed by atoms with E-state index in [2.05, 4.69) is 0 Å². The van der Waals surface area contributed by atoms with Crippen molar-refractivity contribution in [2.75, 3.05) is 24.3 Å². The fourth-order valence-corrected chi connectivity index (χ4v) is 1.60. The quantitative estimate of drug-likeness (QED) is 0.589. The first-order chi connectivity index (χ1) is 7.65. The molecule has 1 aromatic carbocycles. The minimum Gasteiger partial charge on any atom is -0.491 e. The van der Waals surface area contributed by atoms with E-state index in [0.29, 0.717) is 18.0 Å². The van der Waals surface area contributed by atoms with Crippen LogP contribution >= 0.6 is 11.8 Å². The summed E-state index contributed by atoms with van der Waals surface area (Å²) in [6.45, 7) is 0.595. The lowest BCUT2D eigenvalue weighted by Gasteiger charge is -2.08. The van der Waals surface area contributed by atoms with Crippen LogP contribution in [0, 0.1) is 0 Å². The van der Waals surface area contributed by atoms with Gasteiger partial charge in [-0.25, -0.2) is 4.79 Å². The van der Waals surface area contributed by atoms with Crippen molar-refractivity contribution in [2.24, 2.45) is 0 Å². The van der Waals surface area contributed by atoms with Crippen LogP contribution in [0.15, 0.2) is 18.2 Å². The lowest BCUT2D eigenvalue weighted by atomic mass is 10.2. The molecule has 1 rings (SSSR count). The largest absolute Gasteiger partial charge is 0.491 e. The minimum absolute atomic E-state index is 0.175. The molecule has 0 aromatic heterocycles. The van der Waals surface area contributed by atoms with E-state index in [0.717, 1.165) is 12.2 Å². The molecule has 0 amide bonds. The zero-order valence-electron chi connectivity index (χ0n) is 9.10. The van der Waals surface area contributed by atoms with Gasteiger partial charge in [0.1, 0.15) is 5.75 Å². The molecule has 0 saturated carbocycles. The third-order valence-corrected chi connectivity index (χ3v) is 2.70. The smallest absolute Gasteiger partial charge is 0.335 e. The van der Waals surface area contributed by atoms with Gasteiger partial charge in [-0.2, -0.15) is 11.8 Å². The Balaban J connectivity index is 2.57. The molecule has 0 aliphatic carbocycles. The topological polar surface area (TPSA) is 72.5 Å². The SMILES string of the molecule is CSCCCOc1ccc(C(=O)O)cc1N. The number of nitrogen functional groups attached to an aromatic ring is 1. The van der Waals surface area contributed by atoms with E-state index in [1.165, 1.54) is 12.1 Å². The van der Waals surface area contributed by atoms with Crippen LogP contribution in [0.3, 0.4) is 0 Å². The number of anilines is 1. The molecular formula is C11H15NO3S. The lowest BCUT2D eigenvalue weighted by molar-refractivity contribution is 0.0697. The van der Waals surface area contributed by atoms with Crippen molar-refractivity contribution < 1.29 is 14.6 Å². The number of aromatic carboxylic acids is 1. The maximum absolute atomic E-state index is 10.7. The normalized spacial score (nSPS) is 10.1. The van der Waals surface area contributed by atoms with Crippen LogP contribution in [-0.4, -0.2) is 29.7 Å². The number of hydrogen-bond donors (Lipinski definition) is 2. The summed E-state index contributed by atoms with van der Waals surface area (Å²) >= 11 is 1.76. The van der Waals surface area contributed by atoms with Gasteiger partial charge in [0.2, 0.25) is 0 Å². The van der Waals surface area contributed by atoms with Gasteiger partial charge in [0.25, 0.3) is 0 Å². The zero-order chi connectivity index (χ0) is 12.0. The van der Waals surface area contributed by atoms with Crippen molar-refractivity contribution in [1.29, 1.82) is 0 Å². The van der Waals surface area contributed by atoms with Crippen molar-refractivity contribution in [2.45, 2.75) is 6.42 Å². The van der Waals surface area contributed by atoms with E-state index < -0.39 is 5.97 Å². The number of carbonyl (C=O) groups is 1. The number of thioether (sulfide) groups is 1. The highest BCUT2D eigenvalue weighted by Gasteiger charge is 2.06. The van der Waals surface area contributed by atoms with Gasteiger partial charge < -0.3 is 15.6 Å². The van der Waals surface area contributed by atoms with Crippen molar-refractivity contribution in [3.63, 3.8) is 0 Å². The highest BCUT2D eigenvalue weighted by Crippen LogP contribution is 2.22. The molecule has 0 spiro atoms. The summed E-state index contributed by atoms with van der Waals surface area (Å²) in [5.41, 5.74) is 6.22. The number of benzene rings is 1. The zero-order valence-corrected chi connectivity index (χ0v) is 9.92. The number of rotatable bonds is 6. The summed E-state index contributed by atoms with van der Waals surface area (Å²) < 4.78 is 5.44. The maximum Gasteiger partial charge on any atom is 0.335 e. The Labute approximate surface area is 98.8 Å². The molecule has 4 nitrogen and oxygen atoms in total. The van der Waals surface area contributed by atoms with Gasteiger partial charge in [-0.15, -0.1) is 0 Å². The Morgan fingerprint density at radius 3 is 2.88 bits per heavy atom. The Morgan fingerprint density at radius 2 is 2.31 bits per heavy atom. The van der Waals surface area contributed by atoms with E-state index in [4.69, 9.17) is 15.6 Å². The molecule has 0 aliphatic heterocycles. The molecule has 88 valence electrons. The number of ether oxygens (including phenoxy) is 1. The van der Waals surface area contributed by atoms with E-state index in [9.17, 15) is 4.79 Å². The Bertz CT molecular complexity index is 368. The molecule has 0 atom stereocenters. The maximum atomic E-state index is 10.7. The highest BCUT2D eigenvalue weighted by atomic mass is 32.2. The standard InChI is InChI=1S/C11H15NO3S/c1-16-6-2-5-15-10-4-3-8(11(13)14)7-9(10)12/h3-4,7H,2,5-6,12H2,1H3,(H,13,14). The predicted molar refractivity (Wildman–Crippen MR) is 66.3 cm³/mol. The third kappa shape index (κ3) is 3.66. The summed E-state index contributed by atoms with van der Waals surface area (Å²) in [7, 11) is 0. The molecule has 16 heavy (non-hydrogen) atoms. The Kier molecular flexibility index (Phi) is 4.98. The molecule has 1 aromatic rings. The van der Waals surface area contributed by atoms with Crippen molar-refractivity contribution >= 4 is 23.4 Å². The number of carboxylic acids is 1. The van der Waals surface area contributed by atoms with Crippen LogP contribution in [-0.2, 0) is 0 Å². The van der Waals surface area contributed by atoms with Crippen molar-refractivity contribution in [3.8, 4) is 5.75 Å². The predicted octanol–water partition coefficient (Wildman–Crippen LogP) is 2.10. The first-order valence-corrected chi connectivity index (χ1v) is 6.29. The highest BCUT2D eigenvalue weighted by molar-refractivity contribution is 7.98. The lowest BCUT2D eigenvalue weighted by Crippen LogP contribution is -2.03. The van der Waals surface area contributed by atoms with Crippen molar-refractivity contribution in [3.05, 3.63) is 23.8 Å². The molecule has 0 unspecified atom stereocenters. The van der Waals surface area contributed by atoms with Gasteiger partial charge in [0.05, 0.1) is 17.9 Å². The van der Waals surface area contributed by atoms with Gasteiger partial charge in [0.15, 0.2) is 0 Å². The number of hydrogen-bond acceptors (Lipinski definition) is 4. The van der Waals surface area contributed by atoms with Crippen LogP contribution in [0.5, 0.6) is 5.75 Å². The first-order valence-electron chi connectivity index (χ1n) is 4.89. The van der Waals surface area contributed by atoms with Gasteiger partial charge in [-0.05, 0) is 36.6 Å². The van der Waals surface area contributed by atoms with Gasteiger partial charge in [0, 0.05) is 0 Å². The van der Waals surface area contributed by atoms with E-state index in [1.54, 1.807) is 17.8 Å². The molecule has 0 saturated heterocycles. The summed E-state index contributed by atoms with van der Waals surface area (Å²) in [6, 6.07) is 4.49. The average molecular weight is 241 g/mol. The molecule has 0 heterocycles. The van der Waals surface area contributed by atoms with Crippen LogP contribution in [0.25, 0.3) is 0 Å². The number of carboxylic acid groups (broad SMARTS) is 1. The monoisotopic (exact) mass is 241 g/mol. The molecule has 0 bridgehead atoms. The van der Waals surface area contributed by atoms with Gasteiger partial charge >= 0.3 is 5.97 Å². The van der Waals surface area contributed by atoms with Gasteiger partial charge in [-0.3, -0.25) is 0 Å². The van der Waals surface area contributed by atoms with Crippen molar-refractivity contribution in [1.82, 2.24) is 0 Å². The fraction of sp³-hybridized carbons (Fsp3) is 0.364. The minimum atomic E-state index is -0.986. The summed E-state index contributed by atoms with van der Waals surface area (Å²) in [5, 5.41) is 8.75. The average Bonchev–Trinajstić information content (AvgIpc) is 2.26. The Morgan fingerprint density at radius 1 is 1.56 bits per heavy atom. The summed E-state index contributed by atoms with van der Waals surface area (Å²) in [4.78, 5) is 10.7. The number of nitrogens with two attached hydrogens (primary N) is 1. The fourth-order valence-electron chi connectivity index (χ4n) is 1.20. The summed E-state index contributed by atoms with van der Waals surface area (Å²) in [6.07, 6.45) is 2.98.